The topological polar surface area (TPSA) is 119 Å². The van der Waals surface area contributed by atoms with Crippen molar-refractivity contribution in [2.45, 2.75) is 12.5 Å². The molecule has 0 saturated heterocycles. The van der Waals surface area contributed by atoms with Crippen molar-refractivity contribution in [1.29, 1.82) is 0 Å². The Kier molecular flexibility index (Phi) is 6.42. The van der Waals surface area contributed by atoms with Crippen LogP contribution in [-0.4, -0.2) is 38.2 Å². The van der Waals surface area contributed by atoms with E-state index >= 15 is 0 Å². The van der Waals surface area contributed by atoms with Crippen molar-refractivity contribution in [2.75, 3.05) is 6.54 Å². The zero-order valence-electron chi connectivity index (χ0n) is 19.8. The summed E-state index contributed by atoms with van der Waals surface area (Å²) in [6, 6.07) is 22.3. The largest absolute Gasteiger partial charge is 0.366 e. The number of fused-ring (bicyclic) bond motifs is 1. The number of benzene rings is 3. The molecule has 180 valence electrons. The fraction of sp³-hybridized carbons (Fsp3) is 0.143. The van der Waals surface area contributed by atoms with E-state index in [0.717, 1.165) is 33.3 Å². The number of Topliss-reactive ketones (excluding diaryl/α,β-unsaturated/α-hetero) is 1. The second kappa shape index (κ2) is 9.97. The number of ketones is 1. The first kappa shape index (κ1) is 23.2. The number of primary amides is 1. The lowest BCUT2D eigenvalue weighted by Gasteiger charge is -2.18. The molecular weight excluding hydrogens is 452 g/mol. The van der Waals surface area contributed by atoms with Crippen molar-refractivity contribution in [2.24, 2.45) is 12.8 Å². The summed E-state index contributed by atoms with van der Waals surface area (Å²) in [5.41, 5.74) is 10.9. The first-order chi connectivity index (χ1) is 17.5. The molecule has 8 nitrogen and oxygen atoms in total. The Balaban J connectivity index is 1.37. The maximum Gasteiger partial charge on any atom is 0.248 e. The molecule has 2 aromatic heterocycles. The van der Waals surface area contributed by atoms with Gasteiger partial charge in [0.1, 0.15) is 5.69 Å². The van der Waals surface area contributed by atoms with Gasteiger partial charge in [0.15, 0.2) is 5.78 Å². The van der Waals surface area contributed by atoms with Crippen LogP contribution in [0.15, 0.2) is 85.2 Å². The summed E-state index contributed by atoms with van der Waals surface area (Å²) in [5.74, 6) is -0.458. The summed E-state index contributed by atoms with van der Waals surface area (Å²) in [4.78, 5) is 28.3. The molecule has 4 N–H and O–H groups in total. The van der Waals surface area contributed by atoms with E-state index in [4.69, 9.17) is 5.73 Å². The molecule has 0 aliphatic carbocycles. The number of nitrogens with one attached hydrogen (secondary N) is 2. The Morgan fingerprint density at radius 1 is 1.06 bits per heavy atom. The van der Waals surface area contributed by atoms with Crippen LogP contribution < -0.4 is 11.1 Å². The lowest BCUT2D eigenvalue weighted by Crippen LogP contribution is -2.30. The number of carbonyl (C=O) groups excluding carboxylic acids is 2. The molecule has 5 rings (SSSR count). The Labute approximate surface area is 208 Å². The number of nitrogens with zero attached hydrogens (tertiary/aromatic N) is 3. The monoisotopic (exact) mass is 478 g/mol. The number of hydrogen-bond acceptors (Lipinski definition) is 5. The van der Waals surface area contributed by atoms with E-state index in [2.05, 4.69) is 20.6 Å². The molecule has 36 heavy (non-hydrogen) atoms. The number of carbonyl (C=O) groups is 2. The van der Waals surface area contributed by atoms with Crippen molar-refractivity contribution in [3.05, 3.63) is 107 Å². The number of H-pyrrole nitrogens is 1. The highest BCUT2D eigenvalue weighted by atomic mass is 16.1. The Bertz CT molecular complexity index is 1520. The number of aromatic amines is 1. The number of rotatable bonds is 9. The average molecular weight is 479 g/mol. The summed E-state index contributed by atoms with van der Waals surface area (Å²) in [7, 11) is 1.83. The normalized spacial score (nSPS) is 12.0. The van der Waals surface area contributed by atoms with Crippen LogP contribution in [0.2, 0.25) is 0 Å². The van der Waals surface area contributed by atoms with Crippen molar-refractivity contribution >= 4 is 22.6 Å². The molecule has 0 aliphatic heterocycles. The molecule has 2 heterocycles. The smallest absolute Gasteiger partial charge is 0.248 e. The van der Waals surface area contributed by atoms with Crippen molar-refractivity contribution in [1.82, 2.24) is 25.3 Å². The number of nitrogens with two attached hydrogens (primary N) is 1. The fourth-order valence-electron chi connectivity index (χ4n) is 4.33. The standard InChI is InChI=1S/C28H26N6O2/c1-34-17-25(32-33-34)21-11-12-22-23(16-31-24(22)15-21)27(35)26(19-5-3-2-4-6-19)30-14-13-18-7-9-20(10-8-18)28(29)36/h2-12,15-17,26,30-31H,13-14H2,1H3,(H2,29,36). The van der Waals surface area contributed by atoms with Gasteiger partial charge in [-0.2, -0.15) is 0 Å². The zero-order valence-corrected chi connectivity index (χ0v) is 19.8. The van der Waals surface area contributed by atoms with Gasteiger partial charge in [0.2, 0.25) is 5.91 Å². The van der Waals surface area contributed by atoms with E-state index in [1.165, 1.54) is 0 Å². The third kappa shape index (κ3) is 4.80. The van der Waals surface area contributed by atoms with E-state index in [1.807, 2.05) is 73.9 Å². The molecule has 0 saturated carbocycles. The second-order valence-electron chi connectivity index (χ2n) is 8.71. The summed E-state index contributed by atoms with van der Waals surface area (Å²) in [6.45, 7) is 0.584. The van der Waals surface area contributed by atoms with Gasteiger partial charge in [0.05, 0.1) is 12.2 Å². The minimum atomic E-state index is -0.505. The van der Waals surface area contributed by atoms with Crippen LogP contribution in [0.4, 0.5) is 0 Å². The summed E-state index contributed by atoms with van der Waals surface area (Å²) >= 11 is 0. The molecule has 1 unspecified atom stereocenters. The third-order valence-electron chi connectivity index (χ3n) is 6.24. The molecule has 0 spiro atoms. The lowest BCUT2D eigenvalue weighted by molar-refractivity contribution is 0.0943. The van der Waals surface area contributed by atoms with Crippen LogP contribution in [0, 0.1) is 0 Å². The molecule has 5 aromatic rings. The SMILES string of the molecule is Cn1cc(-c2ccc3c(C(=O)C(NCCc4ccc(C(N)=O)cc4)c4ccccc4)c[nH]c3c2)nn1. The summed E-state index contributed by atoms with van der Waals surface area (Å²) in [6.07, 6.45) is 4.32. The second-order valence-corrected chi connectivity index (χ2v) is 8.71. The molecule has 0 bridgehead atoms. The van der Waals surface area contributed by atoms with Crippen LogP contribution in [0.5, 0.6) is 0 Å². The minimum absolute atomic E-state index is 0.0104. The van der Waals surface area contributed by atoms with Gasteiger partial charge >= 0.3 is 0 Å². The number of amides is 1. The van der Waals surface area contributed by atoms with Gasteiger partial charge in [-0.3, -0.25) is 14.3 Å². The number of aryl methyl sites for hydroxylation is 1. The number of hydrogen-bond donors (Lipinski definition) is 3. The summed E-state index contributed by atoms with van der Waals surface area (Å²) < 4.78 is 1.66. The van der Waals surface area contributed by atoms with Crippen molar-refractivity contribution in [3.8, 4) is 11.3 Å². The first-order valence-electron chi connectivity index (χ1n) is 11.7. The van der Waals surface area contributed by atoms with Gasteiger partial charge in [-0.1, -0.05) is 59.8 Å². The Morgan fingerprint density at radius 2 is 1.83 bits per heavy atom. The van der Waals surface area contributed by atoms with Gasteiger partial charge in [-0.25, -0.2) is 0 Å². The predicted octanol–water partition coefficient (Wildman–Crippen LogP) is 3.82. The van der Waals surface area contributed by atoms with Gasteiger partial charge < -0.3 is 16.0 Å². The molecular formula is C28H26N6O2. The zero-order chi connectivity index (χ0) is 25.1. The molecule has 3 aromatic carbocycles. The molecule has 0 radical (unpaired) electrons. The molecule has 8 heteroatoms. The predicted molar refractivity (Wildman–Crippen MR) is 138 cm³/mol. The van der Waals surface area contributed by atoms with E-state index < -0.39 is 11.9 Å². The van der Waals surface area contributed by atoms with Gasteiger partial charge in [-0.05, 0) is 35.7 Å². The van der Waals surface area contributed by atoms with E-state index in [1.54, 1.807) is 23.0 Å². The van der Waals surface area contributed by atoms with Gasteiger partial charge in [-0.15, -0.1) is 5.10 Å². The van der Waals surface area contributed by atoms with Crippen molar-refractivity contribution < 1.29 is 9.59 Å². The maximum atomic E-state index is 13.8. The Morgan fingerprint density at radius 3 is 2.53 bits per heavy atom. The average Bonchev–Trinajstić information content (AvgIpc) is 3.53. The van der Waals surface area contributed by atoms with Crippen LogP contribution in [0.25, 0.3) is 22.2 Å². The third-order valence-corrected chi connectivity index (χ3v) is 6.24. The van der Waals surface area contributed by atoms with E-state index in [9.17, 15) is 9.59 Å². The molecule has 0 fully saturated rings. The van der Waals surface area contributed by atoms with Crippen LogP contribution in [0.1, 0.15) is 37.9 Å². The first-order valence-corrected chi connectivity index (χ1v) is 11.7. The summed E-state index contributed by atoms with van der Waals surface area (Å²) in [5, 5.41) is 12.5. The van der Waals surface area contributed by atoms with Crippen LogP contribution in [0.3, 0.4) is 0 Å². The van der Waals surface area contributed by atoms with E-state index in [-0.39, 0.29) is 5.78 Å². The minimum Gasteiger partial charge on any atom is -0.366 e. The maximum absolute atomic E-state index is 13.8. The molecule has 1 atom stereocenters. The lowest BCUT2D eigenvalue weighted by atomic mass is 9.96. The highest BCUT2D eigenvalue weighted by molar-refractivity contribution is 6.11. The van der Waals surface area contributed by atoms with Crippen LogP contribution in [-0.2, 0) is 13.5 Å². The van der Waals surface area contributed by atoms with Crippen LogP contribution >= 0.6 is 0 Å². The fourth-order valence-corrected chi connectivity index (χ4v) is 4.33. The van der Waals surface area contributed by atoms with E-state index in [0.29, 0.717) is 24.1 Å². The van der Waals surface area contributed by atoms with Gasteiger partial charge in [0.25, 0.3) is 0 Å². The molecule has 0 aliphatic rings. The highest BCUT2D eigenvalue weighted by Crippen LogP contribution is 2.28. The Hall–Kier alpha value is -4.56. The van der Waals surface area contributed by atoms with Crippen molar-refractivity contribution in [3.63, 3.8) is 0 Å². The number of aromatic nitrogens is 4. The quantitative estimate of drug-likeness (QED) is 0.278. The van der Waals surface area contributed by atoms with Gasteiger partial charge in [0, 0.05) is 47.4 Å². The highest BCUT2D eigenvalue weighted by Gasteiger charge is 2.24. The molecule has 1 amide bonds.